The van der Waals surface area contributed by atoms with E-state index in [1.807, 2.05) is 43.3 Å². The highest BCUT2D eigenvalue weighted by molar-refractivity contribution is 6.05. The van der Waals surface area contributed by atoms with Crippen LogP contribution in [0.15, 0.2) is 42.5 Å². The molecule has 0 aliphatic heterocycles. The molecule has 0 amide bonds. The van der Waals surface area contributed by atoms with Crippen molar-refractivity contribution in [1.82, 2.24) is 19.9 Å². The maximum Gasteiger partial charge on any atom is 0.180 e. The Morgan fingerprint density at radius 2 is 1.80 bits per heavy atom. The summed E-state index contributed by atoms with van der Waals surface area (Å²) in [6.07, 6.45) is 0. The number of rotatable bonds is 3. The van der Waals surface area contributed by atoms with Gasteiger partial charge >= 0.3 is 0 Å². The SMILES string of the molecule is CC(=O)c1c(C)[nH]c(-c2nc3nc(N)ccc3[nH]2)c1-c1ccccc1. The maximum atomic E-state index is 12.2. The number of nitrogen functional groups attached to an aromatic ring is 1. The third-order valence-corrected chi connectivity index (χ3v) is 4.21. The van der Waals surface area contributed by atoms with E-state index in [0.717, 1.165) is 28.0 Å². The average molecular weight is 331 g/mol. The number of hydrogen-bond donors (Lipinski definition) is 3. The van der Waals surface area contributed by atoms with Gasteiger partial charge in [-0.3, -0.25) is 4.79 Å². The summed E-state index contributed by atoms with van der Waals surface area (Å²) in [5.74, 6) is 1.06. The Morgan fingerprint density at radius 3 is 2.52 bits per heavy atom. The Hall–Kier alpha value is -3.41. The summed E-state index contributed by atoms with van der Waals surface area (Å²) in [4.78, 5) is 27.6. The lowest BCUT2D eigenvalue weighted by Gasteiger charge is -2.05. The molecule has 0 atom stereocenters. The van der Waals surface area contributed by atoms with Gasteiger partial charge in [0.15, 0.2) is 17.3 Å². The highest BCUT2D eigenvalue weighted by Gasteiger charge is 2.22. The number of imidazole rings is 1. The van der Waals surface area contributed by atoms with Crippen molar-refractivity contribution >= 4 is 22.8 Å². The number of aryl methyl sites for hydroxylation is 1. The van der Waals surface area contributed by atoms with Crippen molar-refractivity contribution in [3.8, 4) is 22.6 Å². The molecule has 0 radical (unpaired) electrons. The smallest absolute Gasteiger partial charge is 0.180 e. The minimum Gasteiger partial charge on any atom is -0.384 e. The van der Waals surface area contributed by atoms with Crippen LogP contribution in [0.5, 0.6) is 0 Å². The normalized spacial score (nSPS) is 11.1. The van der Waals surface area contributed by atoms with Gasteiger partial charge in [-0.1, -0.05) is 30.3 Å². The topological polar surface area (TPSA) is 100 Å². The number of fused-ring (bicyclic) bond motifs is 1. The Bertz CT molecular complexity index is 1090. The molecule has 0 bridgehead atoms. The quantitative estimate of drug-likeness (QED) is 0.498. The summed E-state index contributed by atoms with van der Waals surface area (Å²) in [7, 11) is 0. The average Bonchev–Trinajstić information content (AvgIpc) is 3.15. The van der Waals surface area contributed by atoms with Crippen LogP contribution in [-0.4, -0.2) is 25.7 Å². The fourth-order valence-electron chi connectivity index (χ4n) is 3.16. The Labute approximate surface area is 144 Å². The van der Waals surface area contributed by atoms with E-state index in [9.17, 15) is 4.79 Å². The lowest BCUT2D eigenvalue weighted by Crippen LogP contribution is -1.95. The van der Waals surface area contributed by atoms with E-state index in [0.29, 0.717) is 22.9 Å². The van der Waals surface area contributed by atoms with Gasteiger partial charge in [0.2, 0.25) is 0 Å². The second-order valence-corrected chi connectivity index (χ2v) is 5.99. The van der Waals surface area contributed by atoms with E-state index in [4.69, 9.17) is 5.73 Å². The first-order valence-electron chi connectivity index (χ1n) is 7.96. The fraction of sp³-hybridized carbons (Fsp3) is 0.105. The molecule has 1 aromatic carbocycles. The number of nitrogens with one attached hydrogen (secondary N) is 2. The summed E-state index contributed by atoms with van der Waals surface area (Å²) in [5, 5.41) is 0. The number of aromatic nitrogens is 4. The molecule has 124 valence electrons. The van der Waals surface area contributed by atoms with Gasteiger partial charge in [0.05, 0.1) is 11.2 Å². The molecular weight excluding hydrogens is 314 g/mol. The van der Waals surface area contributed by atoms with E-state index in [-0.39, 0.29) is 5.78 Å². The minimum atomic E-state index is 0.0114. The zero-order chi connectivity index (χ0) is 17.6. The molecule has 6 nitrogen and oxygen atoms in total. The zero-order valence-corrected chi connectivity index (χ0v) is 13.9. The van der Waals surface area contributed by atoms with E-state index in [1.165, 1.54) is 0 Å². The number of anilines is 1. The van der Waals surface area contributed by atoms with E-state index >= 15 is 0 Å². The number of hydrogen-bond acceptors (Lipinski definition) is 4. The third-order valence-electron chi connectivity index (χ3n) is 4.21. The van der Waals surface area contributed by atoms with E-state index in [1.54, 1.807) is 13.0 Å². The number of aromatic amines is 2. The van der Waals surface area contributed by atoms with Gasteiger partial charge < -0.3 is 15.7 Å². The number of carbonyl (C=O) groups excluding carboxylic acids is 1. The van der Waals surface area contributed by atoms with Gasteiger partial charge in [-0.15, -0.1) is 0 Å². The van der Waals surface area contributed by atoms with Crippen LogP contribution in [0.4, 0.5) is 5.82 Å². The predicted octanol–water partition coefficient (Wildman–Crippen LogP) is 3.71. The highest BCUT2D eigenvalue weighted by atomic mass is 16.1. The van der Waals surface area contributed by atoms with Crippen molar-refractivity contribution in [3.63, 3.8) is 0 Å². The molecule has 4 aromatic rings. The minimum absolute atomic E-state index is 0.0114. The molecule has 0 aliphatic carbocycles. The summed E-state index contributed by atoms with van der Waals surface area (Å²) < 4.78 is 0. The van der Waals surface area contributed by atoms with Gasteiger partial charge in [-0.05, 0) is 31.5 Å². The lowest BCUT2D eigenvalue weighted by atomic mass is 9.98. The van der Waals surface area contributed by atoms with Crippen LogP contribution in [-0.2, 0) is 0 Å². The van der Waals surface area contributed by atoms with Gasteiger partial charge in [0, 0.05) is 16.8 Å². The molecule has 0 fully saturated rings. The van der Waals surface area contributed by atoms with Crippen LogP contribution in [0.3, 0.4) is 0 Å². The number of nitrogens with two attached hydrogens (primary N) is 1. The molecule has 0 aliphatic rings. The number of pyridine rings is 1. The van der Waals surface area contributed by atoms with Gasteiger partial charge in [0.1, 0.15) is 5.82 Å². The molecule has 3 heterocycles. The summed E-state index contributed by atoms with van der Waals surface area (Å²) in [5.41, 5.74) is 11.1. The molecule has 25 heavy (non-hydrogen) atoms. The first kappa shape index (κ1) is 15.1. The van der Waals surface area contributed by atoms with Crippen LogP contribution in [0.1, 0.15) is 23.0 Å². The monoisotopic (exact) mass is 331 g/mol. The van der Waals surface area contributed by atoms with Crippen LogP contribution in [0.25, 0.3) is 33.8 Å². The van der Waals surface area contributed by atoms with E-state index in [2.05, 4.69) is 19.9 Å². The van der Waals surface area contributed by atoms with Crippen molar-refractivity contribution in [1.29, 1.82) is 0 Å². The molecular formula is C19H17N5O. The third kappa shape index (κ3) is 2.48. The Kier molecular flexibility index (Phi) is 3.39. The molecule has 0 saturated heterocycles. The van der Waals surface area contributed by atoms with Crippen LogP contribution in [0.2, 0.25) is 0 Å². The van der Waals surface area contributed by atoms with Crippen LogP contribution < -0.4 is 5.73 Å². The molecule has 3 aromatic heterocycles. The van der Waals surface area contributed by atoms with E-state index < -0.39 is 0 Å². The van der Waals surface area contributed by atoms with Gasteiger partial charge in [-0.25, -0.2) is 9.97 Å². The van der Waals surface area contributed by atoms with Crippen molar-refractivity contribution < 1.29 is 4.79 Å². The molecule has 0 spiro atoms. The van der Waals surface area contributed by atoms with Gasteiger partial charge in [0.25, 0.3) is 0 Å². The standard InChI is InChI=1S/C19H17N5O/c1-10-15(11(2)25)16(12-6-4-3-5-7-12)17(21-10)19-22-13-8-9-14(20)23-18(13)24-19/h3-9,21H,1-2H3,(H3,20,22,23,24). The second-order valence-electron chi connectivity index (χ2n) is 5.99. The van der Waals surface area contributed by atoms with Gasteiger partial charge in [-0.2, -0.15) is 0 Å². The maximum absolute atomic E-state index is 12.2. The molecule has 0 saturated carbocycles. The number of H-pyrrole nitrogens is 2. The lowest BCUT2D eigenvalue weighted by molar-refractivity contribution is 0.101. The number of nitrogens with zero attached hydrogens (tertiary/aromatic N) is 2. The summed E-state index contributed by atoms with van der Waals surface area (Å²) in [6, 6.07) is 13.4. The number of carbonyl (C=O) groups is 1. The summed E-state index contributed by atoms with van der Waals surface area (Å²) in [6.45, 7) is 3.47. The molecule has 4 rings (SSSR count). The van der Waals surface area contributed by atoms with Crippen LogP contribution >= 0.6 is 0 Å². The largest absolute Gasteiger partial charge is 0.384 e. The van der Waals surface area contributed by atoms with Crippen molar-refractivity contribution in [2.75, 3.05) is 5.73 Å². The second kappa shape index (κ2) is 5.59. The van der Waals surface area contributed by atoms with Crippen LogP contribution in [0, 0.1) is 6.92 Å². The van der Waals surface area contributed by atoms with Crippen molar-refractivity contribution in [2.45, 2.75) is 13.8 Å². The predicted molar refractivity (Wildman–Crippen MR) is 98.3 cm³/mol. The Morgan fingerprint density at radius 1 is 1.04 bits per heavy atom. The first-order chi connectivity index (χ1) is 12.0. The number of benzene rings is 1. The highest BCUT2D eigenvalue weighted by Crippen LogP contribution is 2.36. The fourth-order valence-corrected chi connectivity index (χ4v) is 3.16. The molecule has 0 unspecified atom stereocenters. The number of Topliss-reactive ketones (excluding diaryl/α,β-unsaturated/α-hetero) is 1. The number of ketones is 1. The zero-order valence-electron chi connectivity index (χ0n) is 13.9. The molecule has 6 heteroatoms. The van der Waals surface area contributed by atoms with Crippen molar-refractivity contribution in [2.24, 2.45) is 0 Å². The molecule has 4 N–H and O–H groups in total. The summed E-state index contributed by atoms with van der Waals surface area (Å²) >= 11 is 0. The Balaban J connectivity index is 2.00. The first-order valence-corrected chi connectivity index (χ1v) is 7.96. The van der Waals surface area contributed by atoms with Crippen molar-refractivity contribution in [3.05, 3.63) is 53.7 Å².